The number of rotatable bonds is 5. The number of benzene rings is 1. The van der Waals surface area contributed by atoms with Gasteiger partial charge in [-0.2, -0.15) is 0 Å². The molecule has 1 aromatic carbocycles. The molecular weight excluding hydrogens is 322 g/mol. The minimum atomic E-state index is -0.879. The molecule has 0 saturated heterocycles. The van der Waals surface area contributed by atoms with Crippen LogP contribution in [0.5, 0.6) is 0 Å². The Morgan fingerprint density at radius 3 is 2.40 bits per heavy atom. The lowest BCUT2D eigenvalue weighted by Gasteiger charge is -2.26. The number of carboxylic acid groups (broad SMARTS) is 1. The molecule has 0 heterocycles. The van der Waals surface area contributed by atoms with Crippen LogP contribution in [0.25, 0.3) is 0 Å². The highest BCUT2D eigenvalue weighted by Gasteiger charge is 2.49. The van der Waals surface area contributed by atoms with Crippen molar-refractivity contribution in [3.8, 4) is 0 Å². The van der Waals surface area contributed by atoms with E-state index in [4.69, 9.17) is 5.11 Å². The average molecular weight is 340 g/mol. The van der Waals surface area contributed by atoms with Crippen molar-refractivity contribution < 1.29 is 14.7 Å². The molecule has 20 heavy (non-hydrogen) atoms. The van der Waals surface area contributed by atoms with Crippen LogP contribution < -0.4 is 5.32 Å². The molecule has 5 heteroatoms. The van der Waals surface area contributed by atoms with Crippen molar-refractivity contribution in [3.63, 3.8) is 0 Å². The van der Waals surface area contributed by atoms with Gasteiger partial charge in [-0.05, 0) is 44.4 Å². The smallest absolute Gasteiger partial charge is 0.307 e. The van der Waals surface area contributed by atoms with Gasteiger partial charge in [0.2, 0.25) is 5.91 Å². The molecule has 2 rings (SSSR count). The minimum Gasteiger partial charge on any atom is -0.481 e. The van der Waals surface area contributed by atoms with E-state index >= 15 is 0 Å². The molecule has 1 aliphatic rings. The van der Waals surface area contributed by atoms with Crippen LogP contribution in [-0.2, 0) is 16.0 Å². The standard InChI is InChI=1S/C15H18BrNO3/c1-15(2,8-9-3-5-10(16)6-4-9)17-13(18)11-7-12(11)14(19)20/h3-6,11-12H,7-8H2,1-2H3,(H,17,18)(H,19,20). The van der Waals surface area contributed by atoms with Crippen molar-refractivity contribution in [2.75, 3.05) is 0 Å². The molecule has 1 amide bonds. The number of hydrogen-bond acceptors (Lipinski definition) is 2. The van der Waals surface area contributed by atoms with E-state index in [1.165, 1.54) is 0 Å². The van der Waals surface area contributed by atoms with Gasteiger partial charge in [-0.1, -0.05) is 28.1 Å². The van der Waals surface area contributed by atoms with E-state index in [0.29, 0.717) is 12.8 Å². The highest BCUT2D eigenvalue weighted by atomic mass is 79.9. The first-order valence-electron chi connectivity index (χ1n) is 6.58. The van der Waals surface area contributed by atoms with Crippen LogP contribution >= 0.6 is 15.9 Å². The van der Waals surface area contributed by atoms with Crippen molar-refractivity contribution >= 4 is 27.8 Å². The fourth-order valence-electron chi connectivity index (χ4n) is 2.34. The molecule has 4 nitrogen and oxygen atoms in total. The first-order valence-corrected chi connectivity index (χ1v) is 7.37. The Morgan fingerprint density at radius 2 is 1.90 bits per heavy atom. The first-order chi connectivity index (χ1) is 9.28. The average Bonchev–Trinajstić information content (AvgIpc) is 3.11. The highest BCUT2D eigenvalue weighted by molar-refractivity contribution is 9.10. The second kappa shape index (κ2) is 5.56. The van der Waals surface area contributed by atoms with Gasteiger partial charge in [-0.15, -0.1) is 0 Å². The predicted molar refractivity (Wildman–Crippen MR) is 79.3 cm³/mol. The minimum absolute atomic E-state index is 0.153. The number of carboxylic acids is 1. The van der Waals surface area contributed by atoms with Gasteiger partial charge in [0.15, 0.2) is 0 Å². The fraction of sp³-hybridized carbons (Fsp3) is 0.467. The van der Waals surface area contributed by atoms with Gasteiger partial charge < -0.3 is 10.4 Å². The molecule has 1 aromatic rings. The van der Waals surface area contributed by atoms with Gasteiger partial charge in [0.05, 0.1) is 11.8 Å². The maximum atomic E-state index is 12.0. The third-order valence-electron chi connectivity index (χ3n) is 3.47. The van der Waals surface area contributed by atoms with E-state index in [9.17, 15) is 9.59 Å². The lowest BCUT2D eigenvalue weighted by Crippen LogP contribution is -2.46. The fourth-order valence-corrected chi connectivity index (χ4v) is 2.61. The molecule has 1 aliphatic carbocycles. The van der Waals surface area contributed by atoms with E-state index in [-0.39, 0.29) is 11.8 Å². The van der Waals surface area contributed by atoms with Crippen LogP contribution in [-0.4, -0.2) is 22.5 Å². The highest BCUT2D eigenvalue weighted by Crippen LogP contribution is 2.39. The Kier molecular flexibility index (Phi) is 4.18. The van der Waals surface area contributed by atoms with Crippen LogP contribution in [0.4, 0.5) is 0 Å². The number of amides is 1. The van der Waals surface area contributed by atoms with Crippen LogP contribution in [0.3, 0.4) is 0 Å². The van der Waals surface area contributed by atoms with Gasteiger partial charge in [0.25, 0.3) is 0 Å². The summed E-state index contributed by atoms with van der Waals surface area (Å²) in [6.07, 6.45) is 1.16. The van der Waals surface area contributed by atoms with E-state index in [0.717, 1.165) is 10.0 Å². The topological polar surface area (TPSA) is 66.4 Å². The molecule has 2 N–H and O–H groups in total. The zero-order valence-electron chi connectivity index (χ0n) is 11.5. The van der Waals surface area contributed by atoms with Crippen molar-refractivity contribution in [1.29, 1.82) is 0 Å². The van der Waals surface area contributed by atoms with Crippen LogP contribution in [0, 0.1) is 11.8 Å². The molecule has 0 aliphatic heterocycles. The van der Waals surface area contributed by atoms with Crippen molar-refractivity contribution in [1.82, 2.24) is 5.32 Å². The predicted octanol–water partition coefficient (Wildman–Crippen LogP) is 2.61. The van der Waals surface area contributed by atoms with Crippen molar-refractivity contribution in [2.24, 2.45) is 11.8 Å². The van der Waals surface area contributed by atoms with E-state index in [2.05, 4.69) is 21.2 Å². The van der Waals surface area contributed by atoms with Gasteiger partial charge in [-0.25, -0.2) is 0 Å². The molecule has 0 spiro atoms. The number of hydrogen-bond donors (Lipinski definition) is 2. The summed E-state index contributed by atoms with van der Waals surface area (Å²) in [5.41, 5.74) is 0.736. The molecule has 2 atom stereocenters. The summed E-state index contributed by atoms with van der Waals surface area (Å²) >= 11 is 3.39. The van der Waals surface area contributed by atoms with Crippen molar-refractivity contribution in [2.45, 2.75) is 32.2 Å². The lowest BCUT2D eigenvalue weighted by atomic mass is 9.94. The van der Waals surface area contributed by atoms with E-state index < -0.39 is 17.4 Å². The maximum Gasteiger partial charge on any atom is 0.307 e. The summed E-state index contributed by atoms with van der Waals surface area (Å²) in [7, 11) is 0. The van der Waals surface area contributed by atoms with Gasteiger partial charge in [0, 0.05) is 10.0 Å². The molecule has 1 saturated carbocycles. The second-order valence-electron chi connectivity index (χ2n) is 5.96. The molecule has 0 radical (unpaired) electrons. The largest absolute Gasteiger partial charge is 0.481 e. The zero-order chi connectivity index (χ0) is 14.9. The Morgan fingerprint density at radius 1 is 1.30 bits per heavy atom. The molecule has 2 unspecified atom stereocenters. The van der Waals surface area contributed by atoms with Gasteiger partial charge in [-0.3, -0.25) is 9.59 Å². The molecule has 108 valence electrons. The van der Waals surface area contributed by atoms with Crippen LogP contribution in [0.15, 0.2) is 28.7 Å². The second-order valence-corrected chi connectivity index (χ2v) is 6.88. The van der Waals surface area contributed by atoms with Gasteiger partial charge >= 0.3 is 5.97 Å². The molecule has 0 bridgehead atoms. The van der Waals surface area contributed by atoms with Crippen LogP contribution in [0.1, 0.15) is 25.8 Å². The SMILES string of the molecule is CC(C)(Cc1ccc(Br)cc1)NC(=O)C1CC1C(=O)O. The number of carbonyl (C=O) groups excluding carboxylic acids is 1. The summed E-state index contributed by atoms with van der Waals surface area (Å²) in [6.45, 7) is 3.90. The third-order valence-corrected chi connectivity index (χ3v) is 3.99. The normalized spacial score (nSPS) is 21.4. The summed E-state index contributed by atoms with van der Waals surface area (Å²) in [6, 6.07) is 7.95. The van der Waals surface area contributed by atoms with Gasteiger partial charge in [0.1, 0.15) is 0 Å². The Balaban J connectivity index is 1.92. The number of nitrogens with one attached hydrogen (secondary N) is 1. The molecular formula is C15H18BrNO3. The summed E-state index contributed by atoms with van der Waals surface area (Å²) in [5.74, 6) is -1.90. The monoisotopic (exact) mass is 339 g/mol. The Bertz CT molecular complexity index is 524. The summed E-state index contributed by atoms with van der Waals surface area (Å²) in [4.78, 5) is 22.8. The Labute approximate surface area is 126 Å². The van der Waals surface area contributed by atoms with E-state index in [1.807, 2.05) is 38.1 Å². The first kappa shape index (κ1) is 15.0. The van der Waals surface area contributed by atoms with E-state index in [1.54, 1.807) is 0 Å². The lowest BCUT2D eigenvalue weighted by molar-refractivity contribution is -0.140. The number of carbonyl (C=O) groups is 2. The summed E-state index contributed by atoms with van der Waals surface area (Å²) < 4.78 is 1.02. The molecule has 0 aromatic heterocycles. The maximum absolute atomic E-state index is 12.0. The molecule has 1 fully saturated rings. The van der Waals surface area contributed by atoms with Crippen molar-refractivity contribution in [3.05, 3.63) is 34.3 Å². The third kappa shape index (κ3) is 3.82. The number of halogens is 1. The summed E-state index contributed by atoms with van der Waals surface area (Å²) in [5, 5.41) is 11.8. The number of aliphatic carboxylic acids is 1. The van der Waals surface area contributed by atoms with Crippen LogP contribution in [0.2, 0.25) is 0 Å². The zero-order valence-corrected chi connectivity index (χ0v) is 13.1. The Hall–Kier alpha value is -1.36. The quantitative estimate of drug-likeness (QED) is 0.866.